The molecule has 0 aliphatic carbocycles. The van der Waals surface area contributed by atoms with Gasteiger partial charge in [0.1, 0.15) is 0 Å². The average molecular weight is 407 g/mol. The van der Waals surface area contributed by atoms with Crippen molar-refractivity contribution in [2.45, 2.75) is 23.9 Å². The molecule has 1 aliphatic rings. The van der Waals surface area contributed by atoms with E-state index < -0.39 is 10.0 Å². The molecule has 2 aromatic carbocycles. The van der Waals surface area contributed by atoms with Gasteiger partial charge in [-0.15, -0.1) is 0 Å². The van der Waals surface area contributed by atoms with Gasteiger partial charge >= 0.3 is 0 Å². The fourth-order valence-corrected chi connectivity index (χ4v) is 4.80. The summed E-state index contributed by atoms with van der Waals surface area (Å²) in [5.41, 5.74) is 2.28. The van der Waals surface area contributed by atoms with Crippen LogP contribution in [0.4, 0.5) is 0 Å². The van der Waals surface area contributed by atoms with Crippen molar-refractivity contribution in [3.63, 3.8) is 0 Å². The number of likely N-dealkylation sites (tertiary alicyclic amines) is 1. The summed E-state index contributed by atoms with van der Waals surface area (Å²) in [5.74, 6) is 0. The highest BCUT2D eigenvalue weighted by Crippen LogP contribution is 2.17. The second-order valence-electron chi connectivity index (χ2n) is 7.07. The van der Waals surface area contributed by atoms with Crippen LogP contribution >= 0.6 is 0 Å². The van der Waals surface area contributed by atoms with E-state index in [1.54, 1.807) is 12.1 Å². The molecule has 29 heavy (non-hydrogen) atoms. The van der Waals surface area contributed by atoms with E-state index in [4.69, 9.17) is 5.26 Å². The average Bonchev–Trinajstić information content (AvgIpc) is 3.38. The van der Waals surface area contributed by atoms with Crippen molar-refractivity contribution in [2.75, 3.05) is 13.1 Å². The molecule has 0 unspecified atom stereocenters. The molecule has 0 spiro atoms. The number of nitriles is 1. The van der Waals surface area contributed by atoms with Crippen molar-refractivity contribution in [3.05, 3.63) is 78.1 Å². The van der Waals surface area contributed by atoms with Gasteiger partial charge in [0.2, 0.25) is 10.0 Å². The number of aromatic nitrogens is 2. The Bertz CT molecular complexity index is 1140. The Morgan fingerprint density at radius 1 is 1.14 bits per heavy atom. The highest BCUT2D eigenvalue weighted by atomic mass is 32.2. The number of sulfonamides is 1. The van der Waals surface area contributed by atoms with Crippen LogP contribution in [-0.4, -0.2) is 42.2 Å². The normalized spacial score (nSPS) is 17.3. The summed E-state index contributed by atoms with van der Waals surface area (Å²) in [7, 11) is -3.65. The minimum atomic E-state index is -3.65. The molecule has 1 saturated heterocycles. The van der Waals surface area contributed by atoms with Gasteiger partial charge in [-0.05, 0) is 42.8 Å². The topological polar surface area (TPSA) is 91.0 Å². The zero-order valence-corrected chi connectivity index (χ0v) is 16.6. The van der Waals surface area contributed by atoms with Gasteiger partial charge < -0.3 is 0 Å². The van der Waals surface area contributed by atoms with Gasteiger partial charge in [-0.25, -0.2) is 17.8 Å². The number of hydrogen-bond acceptors (Lipinski definition) is 5. The minimum absolute atomic E-state index is 0.122. The van der Waals surface area contributed by atoms with E-state index in [2.05, 4.69) is 14.7 Å². The van der Waals surface area contributed by atoms with Gasteiger partial charge in [0, 0.05) is 31.9 Å². The monoisotopic (exact) mass is 407 g/mol. The van der Waals surface area contributed by atoms with Gasteiger partial charge in [0.05, 0.1) is 27.9 Å². The standard InChI is InChI=1S/C21H21N5O2S/c22-14-17-5-4-8-21(13-17)29(27,28)24-19-9-11-25(16-19)15-18-10-12-26(23-18)20-6-2-1-3-7-20/h1-8,10,12-13,19,24H,9,11,15-16H2/t19-/m1/s1. The predicted octanol–water partition coefficient (Wildman–Crippen LogP) is 2.30. The van der Waals surface area contributed by atoms with Crippen molar-refractivity contribution in [1.29, 1.82) is 5.26 Å². The molecule has 4 rings (SSSR count). The summed E-state index contributed by atoms with van der Waals surface area (Å²) in [6, 6.07) is 19.8. The fourth-order valence-electron chi connectivity index (χ4n) is 3.49. The maximum atomic E-state index is 12.6. The third-order valence-corrected chi connectivity index (χ3v) is 6.44. The summed E-state index contributed by atoms with van der Waals surface area (Å²) in [4.78, 5) is 2.31. The van der Waals surface area contributed by atoms with Crippen LogP contribution < -0.4 is 4.72 Å². The first-order valence-electron chi connectivity index (χ1n) is 9.38. The highest BCUT2D eigenvalue weighted by molar-refractivity contribution is 7.89. The Labute approximate surface area is 170 Å². The maximum Gasteiger partial charge on any atom is 0.240 e. The van der Waals surface area contributed by atoms with Crippen LogP contribution in [0.5, 0.6) is 0 Å². The quantitative estimate of drug-likeness (QED) is 0.677. The van der Waals surface area contributed by atoms with E-state index in [9.17, 15) is 8.42 Å². The molecule has 0 saturated carbocycles. The predicted molar refractivity (Wildman–Crippen MR) is 109 cm³/mol. The number of para-hydroxylation sites is 1. The lowest BCUT2D eigenvalue weighted by molar-refractivity contribution is 0.320. The summed E-state index contributed by atoms with van der Waals surface area (Å²) < 4.78 is 29.9. The van der Waals surface area contributed by atoms with E-state index in [1.807, 2.05) is 53.3 Å². The minimum Gasteiger partial charge on any atom is -0.296 e. The summed E-state index contributed by atoms with van der Waals surface area (Å²) >= 11 is 0. The maximum absolute atomic E-state index is 12.6. The van der Waals surface area contributed by atoms with E-state index >= 15 is 0 Å². The smallest absolute Gasteiger partial charge is 0.240 e. The van der Waals surface area contributed by atoms with Crippen LogP contribution in [0.15, 0.2) is 71.8 Å². The van der Waals surface area contributed by atoms with Crippen molar-refractivity contribution in [3.8, 4) is 11.8 Å². The summed E-state index contributed by atoms with van der Waals surface area (Å²) in [6.45, 7) is 2.08. The number of benzene rings is 2. The Morgan fingerprint density at radius 3 is 2.76 bits per heavy atom. The molecular weight excluding hydrogens is 386 g/mol. The van der Waals surface area contributed by atoms with Crippen LogP contribution in [0.2, 0.25) is 0 Å². The fraction of sp³-hybridized carbons (Fsp3) is 0.238. The molecule has 1 fully saturated rings. The number of rotatable bonds is 6. The van der Waals surface area contributed by atoms with Crippen molar-refractivity contribution in [2.24, 2.45) is 0 Å². The lowest BCUT2D eigenvalue weighted by Crippen LogP contribution is -2.37. The highest BCUT2D eigenvalue weighted by Gasteiger charge is 2.27. The first kappa shape index (κ1) is 19.3. The van der Waals surface area contributed by atoms with Crippen LogP contribution in [0.1, 0.15) is 17.7 Å². The Morgan fingerprint density at radius 2 is 1.97 bits per heavy atom. The molecule has 1 aromatic heterocycles. The molecule has 1 N–H and O–H groups in total. The van der Waals surface area contributed by atoms with E-state index in [0.717, 1.165) is 24.3 Å². The molecule has 148 valence electrons. The van der Waals surface area contributed by atoms with Gasteiger partial charge in [-0.2, -0.15) is 10.4 Å². The zero-order chi connectivity index (χ0) is 20.3. The second kappa shape index (κ2) is 8.17. The molecule has 0 radical (unpaired) electrons. The number of nitrogens with one attached hydrogen (secondary N) is 1. The molecule has 8 heteroatoms. The molecule has 2 heterocycles. The lowest BCUT2D eigenvalue weighted by Gasteiger charge is -2.16. The Hall–Kier alpha value is -2.99. The van der Waals surface area contributed by atoms with Gasteiger partial charge in [0.25, 0.3) is 0 Å². The van der Waals surface area contributed by atoms with Crippen molar-refractivity contribution in [1.82, 2.24) is 19.4 Å². The number of nitrogens with zero attached hydrogens (tertiary/aromatic N) is 4. The lowest BCUT2D eigenvalue weighted by atomic mass is 10.2. The van der Waals surface area contributed by atoms with Crippen molar-refractivity contribution >= 4 is 10.0 Å². The van der Waals surface area contributed by atoms with Gasteiger partial charge in [0.15, 0.2) is 0 Å². The first-order valence-corrected chi connectivity index (χ1v) is 10.9. The Balaban J connectivity index is 1.37. The molecule has 1 aliphatic heterocycles. The SMILES string of the molecule is N#Cc1cccc(S(=O)(=O)N[C@@H]2CCN(Cc3ccn(-c4ccccc4)n3)C2)c1. The summed E-state index contributed by atoms with van der Waals surface area (Å²) in [5, 5.41) is 13.6. The molecule has 3 aromatic rings. The largest absolute Gasteiger partial charge is 0.296 e. The van der Waals surface area contributed by atoms with Crippen LogP contribution in [0.3, 0.4) is 0 Å². The van der Waals surface area contributed by atoms with Crippen LogP contribution in [0.25, 0.3) is 5.69 Å². The molecule has 0 amide bonds. The molecule has 1 atom stereocenters. The third-order valence-electron chi connectivity index (χ3n) is 4.92. The molecular formula is C21H21N5O2S. The van der Waals surface area contributed by atoms with E-state index in [1.165, 1.54) is 12.1 Å². The zero-order valence-electron chi connectivity index (χ0n) is 15.8. The van der Waals surface area contributed by atoms with Gasteiger partial charge in [-0.1, -0.05) is 24.3 Å². The van der Waals surface area contributed by atoms with Crippen molar-refractivity contribution < 1.29 is 8.42 Å². The second-order valence-corrected chi connectivity index (χ2v) is 8.78. The van der Waals surface area contributed by atoms with E-state index in [-0.39, 0.29) is 10.9 Å². The van der Waals surface area contributed by atoms with Gasteiger partial charge in [-0.3, -0.25) is 4.90 Å². The summed E-state index contributed by atoms with van der Waals surface area (Å²) in [6.07, 6.45) is 2.67. The Kier molecular flexibility index (Phi) is 5.45. The molecule has 0 bridgehead atoms. The third kappa shape index (κ3) is 4.54. The molecule has 7 nitrogen and oxygen atoms in total. The number of hydrogen-bond donors (Lipinski definition) is 1. The first-order chi connectivity index (χ1) is 14.0. The van der Waals surface area contributed by atoms with E-state index in [0.29, 0.717) is 18.7 Å². The van der Waals surface area contributed by atoms with Crippen LogP contribution in [-0.2, 0) is 16.6 Å². The van der Waals surface area contributed by atoms with Crippen LogP contribution in [0, 0.1) is 11.3 Å².